The van der Waals surface area contributed by atoms with Gasteiger partial charge in [0, 0.05) is 5.92 Å². The van der Waals surface area contributed by atoms with E-state index >= 15 is 0 Å². The first kappa shape index (κ1) is 10.8. The largest absolute Gasteiger partial charge is 0.342 e. The predicted octanol–water partition coefficient (Wildman–Crippen LogP) is 2.06. The van der Waals surface area contributed by atoms with Crippen LogP contribution in [0.3, 0.4) is 0 Å². The molecule has 3 nitrogen and oxygen atoms in total. The molecule has 2 aliphatic rings. The molecule has 2 bridgehead atoms. The fourth-order valence-corrected chi connectivity index (χ4v) is 2.63. The summed E-state index contributed by atoms with van der Waals surface area (Å²) in [6.45, 7) is 9.90. The minimum Gasteiger partial charge on any atom is -0.342 e. The van der Waals surface area contributed by atoms with E-state index in [1.165, 1.54) is 0 Å². The molecule has 0 aliphatic carbocycles. The maximum absolute atomic E-state index is 11.7. The zero-order chi connectivity index (χ0) is 11.3. The van der Waals surface area contributed by atoms with Gasteiger partial charge in [-0.05, 0) is 33.6 Å². The van der Waals surface area contributed by atoms with Crippen LogP contribution in [0.5, 0.6) is 0 Å². The van der Waals surface area contributed by atoms with Crippen LogP contribution in [0.2, 0.25) is 0 Å². The monoisotopic (exact) mass is 210 g/mol. The third-order valence-corrected chi connectivity index (χ3v) is 3.65. The molecule has 2 fully saturated rings. The van der Waals surface area contributed by atoms with Gasteiger partial charge in [0.05, 0.1) is 0 Å². The van der Waals surface area contributed by atoms with E-state index in [0.717, 1.165) is 18.4 Å². The van der Waals surface area contributed by atoms with Crippen molar-refractivity contribution in [2.45, 2.75) is 45.0 Å². The first-order valence-corrected chi connectivity index (χ1v) is 5.40. The Morgan fingerprint density at radius 3 is 2.80 bits per heavy atom. The van der Waals surface area contributed by atoms with E-state index in [4.69, 9.17) is 9.47 Å². The van der Waals surface area contributed by atoms with Crippen molar-refractivity contribution in [1.82, 2.24) is 0 Å². The summed E-state index contributed by atoms with van der Waals surface area (Å²) < 4.78 is 11.4. The number of hydrogen-bond acceptors (Lipinski definition) is 3. The van der Waals surface area contributed by atoms with Gasteiger partial charge in [-0.15, -0.1) is 0 Å². The molecular formula is C12H18O3. The summed E-state index contributed by atoms with van der Waals surface area (Å²) in [5, 5.41) is 0. The molecule has 0 aromatic carbocycles. The molecule has 0 N–H and O–H groups in total. The average Bonchev–Trinajstić information content (AvgIpc) is 2.11. The Labute approximate surface area is 90.4 Å². The van der Waals surface area contributed by atoms with Crippen molar-refractivity contribution in [3.63, 3.8) is 0 Å². The second-order valence-corrected chi connectivity index (χ2v) is 5.00. The highest BCUT2D eigenvalue weighted by molar-refractivity contribution is 5.88. The highest BCUT2D eigenvalue weighted by Gasteiger charge is 2.54. The summed E-state index contributed by atoms with van der Waals surface area (Å²) >= 11 is 0. The quantitative estimate of drug-likeness (QED) is 0.621. The molecule has 0 spiro atoms. The molecule has 84 valence electrons. The molecule has 3 heteroatoms. The third-order valence-electron chi connectivity index (χ3n) is 3.65. The lowest BCUT2D eigenvalue weighted by atomic mass is 9.78. The van der Waals surface area contributed by atoms with Gasteiger partial charge < -0.3 is 9.47 Å². The molecule has 0 saturated carbocycles. The molecule has 3 atom stereocenters. The van der Waals surface area contributed by atoms with Gasteiger partial charge >= 0.3 is 0 Å². The zero-order valence-electron chi connectivity index (χ0n) is 9.63. The third kappa shape index (κ3) is 1.54. The van der Waals surface area contributed by atoms with Crippen molar-refractivity contribution >= 4 is 5.78 Å². The van der Waals surface area contributed by atoms with E-state index in [1.54, 1.807) is 0 Å². The van der Waals surface area contributed by atoms with E-state index in [9.17, 15) is 4.79 Å². The standard InChI is InChI=1S/C12H18O3/c1-8(2)9-5-6-11(3)10(13)7-14-12(9,4)15-11/h9H,1,5-7H2,2-4H3/t9-,11-,12+/m0/s1. The van der Waals surface area contributed by atoms with Crippen molar-refractivity contribution in [3.8, 4) is 0 Å². The van der Waals surface area contributed by atoms with Crippen LogP contribution in [0.25, 0.3) is 0 Å². The number of ketones is 1. The number of fused-ring (bicyclic) bond motifs is 2. The lowest BCUT2D eigenvalue weighted by Crippen LogP contribution is -2.61. The van der Waals surface area contributed by atoms with Crippen molar-refractivity contribution in [2.75, 3.05) is 6.61 Å². The van der Waals surface area contributed by atoms with E-state index < -0.39 is 11.4 Å². The molecule has 2 aliphatic heterocycles. The summed E-state index contributed by atoms with van der Waals surface area (Å²) in [6.07, 6.45) is 1.68. The van der Waals surface area contributed by atoms with Crippen molar-refractivity contribution in [3.05, 3.63) is 12.2 Å². The number of Topliss-reactive ketones (excluding diaryl/α,β-unsaturated/α-hetero) is 1. The average molecular weight is 210 g/mol. The van der Waals surface area contributed by atoms with Crippen LogP contribution in [0.4, 0.5) is 0 Å². The fourth-order valence-electron chi connectivity index (χ4n) is 2.63. The highest BCUT2D eigenvalue weighted by atomic mass is 16.7. The summed E-state index contributed by atoms with van der Waals surface area (Å²) in [5.74, 6) is -0.411. The van der Waals surface area contributed by atoms with Gasteiger partial charge in [-0.25, -0.2) is 0 Å². The minimum atomic E-state index is -0.660. The maximum atomic E-state index is 11.7. The Kier molecular flexibility index (Phi) is 2.28. The van der Waals surface area contributed by atoms with E-state index in [1.807, 2.05) is 20.8 Å². The normalized spacial score (nSPS) is 45.3. The van der Waals surface area contributed by atoms with E-state index in [2.05, 4.69) is 6.58 Å². The van der Waals surface area contributed by atoms with Crippen molar-refractivity contribution in [1.29, 1.82) is 0 Å². The summed E-state index contributed by atoms with van der Waals surface area (Å²) in [6, 6.07) is 0. The molecule has 2 rings (SSSR count). The zero-order valence-corrected chi connectivity index (χ0v) is 9.63. The second-order valence-electron chi connectivity index (χ2n) is 5.00. The van der Waals surface area contributed by atoms with Crippen LogP contribution >= 0.6 is 0 Å². The van der Waals surface area contributed by atoms with Crippen molar-refractivity contribution < 1.29 is 14.3 Å². The maximum Gasteiger partial charge on any atom is 0.190 e. The van der Waals surface area contributed by atoms with Gasteiger partial charge in [0.2, 0.25) is 0 Å². The van der Waals surface area contributed by atoms with Crippen LogP contribution in [0.1, 0.15) is 33.6 Å². The summed E-state index contributed by atoms with van der Waals surface area (Å²) in [4.78, 5) is 11.7. The van der Waals surface area contributed by atoms with Crippen molar-refractivity contribution in [2.24, 2.45) is 5.92 Å². The highest BCUT2D eigenvalue weighted by Crippen LogP contribution is 2.46. The van der Waals surface area contributed by atoms with Gasteiger partial charge in [0.25, 0.3) is 0 Å². The van der Waals surface area contributed by atoms with Gasteiger partial charge in [-0.3, -0.25) is 4.79 Å². The predicted molar refractivity (Wildman–Crippen MR) is 56.4 cm³/mol. The van der Waals surface area contributed by atoms with E-state index in [-0.39, 0.29) is 18.3 Å². The molecule has 0 amide bonds. The van der Waals surface area contributed by atoms with Crippen LogP contribution in [-0.2, 0) is 14.3 Å². The number of carbonyl (C=O) groups is 1. The van der Waals surface area contributed by atoms with E-state index in [0.29, 0.717) is 0 Å². The SMILES string of the molecule is C=C(C)[C@@H]1CC[C@]2(C)O[C@@]1(C)OCC2=O. The topological polar surface area (TPSA) is 35.5 Å². The summed E-state index contributed by atoms with van der Waals surface area (Å²) in [7, 11) is 0. The molecule has 0 aromatic heterocycles. The van der Waals surface area contributed by atoms with Crippen LogP contribution in [0, 0.1) is 5.92 Å². The van der Waals surface area contributed by atoms with Gasteiger partial charge in [-0.1, -0.05) is 12.2 Å². The molecular weight excluding hydrogens is 192 g/mol. The number of rotatable bonds is 1. The Morgan fingerprint density at radius 2 is 2.20 bits per heavy atom. The lowest BCUT2D eigenvalue weighted by Gasteiger charge is -2.52. The molecule has 2 heterocycles. The van der Waals surface area contributed by atoms with Gasteiger partial charge in [-0.2, -0.15) is 0 Å². The number of ether oxygens (including phenoxy) is 2. The van der Waals surface area contributed by atoms with Crippen LogP contribution in [-0.4, -0.2) is 23.8 Å². The molecule has 0 radical (unpaired) electrons. The Hall–Kier alpha value is -0.670. The molecule has 0 aromatic rings. The summed E-state index contributed by atoms with van der Waals surface area (Å²) in [5.41, 5.74) is 0.424. The Morgan fingerprint density at radius 1 is 1.53 bits per heavy atom. The number of carbonyl (C=O) groups excluding carboxylic acids is 1. The van der Waals surface area contributed by atoms with Crippen LogP contribution in [0.15, 0.2) is 12.2 Å². The lowest BCUT2D eigenvalue weighted by molar-refractivity contribution is -0.329. The number of hydrogen-bond donors (Lipinski definition) is 0. The molecule has 2 saturated heterocycles. The smallest absolute Gasteiger partial charge is 0.190 e. The Bertz CT molecular complexity index is 323. The van der Waals surface area contributed by atoms with Gasteiger partial charge in [0.1, 0.15) is 12.2 Å². The molecule has 0 unspecified atom stereocenters. The fraction of sp³-hybridized carbons (Fsp3) is 0.750. The second kappa shape index (κ2) is 3.16. The van der Waals surface area contributed by atoms with Gasteiger partial charge in [0.15, 0.2) is 11.6 Å². The van der Waals surface area contributed by atoms with Crippen LogP contribution < -0.4 is 0 Å². The first-order chi connectivity index (χ1) is 6.87. The minimum absolute atomic E-state index is 0.0557. The molecule has 15 heavy (non-hydrogen) atoms. The Balaban J connectivity index is 2.30. The first-order valence-electron chi connectivity index (χ1n) is 5.40.